The summed E-state index contributed by atoms with van der Waals surface area (Å²) in [7, 11) is 0. The minimum Gasteiger partial charge on any atom is -0.381 e. The van der Waals surface area contributed by atoms with Crippen LogP contribution in [0, 0.1) is 0 Å². The number of fused-ring (bicyclic) bond motifs is 1. The molecule has 0 radical (unpaired) electrons. The second-order valence-corrected chi connectivity index (χ2v) is 5.85. The second kappa shape index (κ2) is 9.42. The number of carbonyl (C=O) groups excluding carboxylic acids is 1. The molecule has 5 nitrogen and oxygen atoms in total. The molecule has 0 aromatic carbocycles. The fourth-order valence-corrected chi connectivity index (χ4v) is 3.23. The molecule has 2 aromatic heterocycles. The van der Waals surface area contributed by atoms with Crippen molar-refractivity contribution >= 4 is 17.4 Å². The highest BCUT2D eigenvalue weighted by Crippen LogP contribution is 2.23. The standard InChI is InChI=1S/C17H23N3O2.C2H6/c1-2-15(12-19(13-21)16-6-10-22-11-7-16)20-9-5-14-4-3-8-18-17(14)20;1-2/h3-5,8-9,13,15-16H,2,6-7,10-12H2,1H3;1-2H3. The Balaban J connectivity index is 0.00000100. The van der Waals surface area contributed by atoms with Crippen LogP contribution in [0.2, 0.25) is 0 Å². The summed E-state index contributed by atoms with van der Waals surface area (Å²) >= 11 is 0. The van der Waals surface area contributed by atoms with E-state index in [2.05, 4.69) is 34.8 Å². The van der Waals surface area contributed by atoms with Crippen molar-refractivity contribution in [3.8, 4) is 0 Å². The summed E-state index contributed by atoms with van der Waals surface area (Å²) in [4.78, 5) is 18.0. The summed E-state index contributed by atoms with van der Waals surface area (Å²) < 4.78 is 7.60. The van der Waals surface area contributed by atoms with Crippen LogP contribution in [0.25, 0.3) is 11.0 Å². The summed E-state index contributed by atoms with van der Waals surface area (Å²) in [6, 6.07) is 6.66. The zero-order chi connectivity index (χ0) is 17.4. The Bertz CT molecular complexity index is 620. The van der Waals surface area contributed by atoms with Crippen molar-refractivity contribution in [3.63, 3.8) is 0 Å². The van der Waals surface area contributed by atoms with E-state index in [1.165, 1.54) is 0 Å². The van der Waals surface area contributed by atoms with Gasteiger partial charge in [0.15, 0.2) is 0 Å². The number of rotatable bonds is 6. The third-order valence-electron chi connectivity index (χ3n) is 4.56. The second-order valence-electron chi connectivity index (χ2n) is 5.85. The van der Waals surface area contributed by atoms with E-state index in [4.69, 9.17) is 4.74 Å². The number of carbonyl (C=O) groups is 1. The van der Waals surface area contributed by atoms with Gasteiger partial charge >= 0.3 is 0 Å². The van der Waals surface area contributed by atoms with Crippen LogP contribution in [0.5, 0.6) is 0 Å². The zero-order valence-electron chi connectivity index (χ0n) is 15.0. The number of aromatic nitrogens is 2. The van der Waals surface area contributed by atoms with Crippen LogP contribution in [0.1, 0.15) is 46.1 Å². The average molecular weight is 331 g/mol. The predicted octanol–water partition coefficient (Wildman–Crippen LogP) is 3.65. The molecule has 132 valence electrons. The number of amides is 1. The predicted molar refractivity (Wildman–Crippen MR) is 97.0 cm³/mol. The van der Waals surface area contributed by atoms with Gasteiger partial charge in [-0.1, -0.05) is 20.8 Å². The lowest BCUT2D eigenvalue weighted by Crippen LogP contribution is -2.41. The van der Waals surface area contributed by atoms with Gasteiger partial charge in [0.1, 0.15) is 5.65 Å². The number of pyridine rings is 1. The van der Waals surface area contributed by atoms with Crippen LogP contribution in [-0.2, 0) is 9.53 Å². The van der Waals surface area contributed by atoms with Crippen LogP contribution in [-0.4, -0.2) is 46.7 Å². The molecule has 2 aromatic rings. The third kappa shape index (κ3) is 4.15. The van der Waals surface area contributed by atoms with Crippen LogP contribution in [0.3, 0.4) is 0 Å². The number of hydrogen-bond donors (Lipinski definition) is 0. The molecule has 3 heterocycles. The molecule has 1 saturated heterocycles. The van der Waals surface area contributed by atoms with E-state index < -0.39 is 0 Å². The molecule has 5 heteroatoms. The quantitative estimate of drug-likeness (QED) is 0.759. The first-order valence-electron chi connectivity index (χ1n) is 9.03. The van der Waals surface area contributed by atoms with E-state index in [9.17, 15) is 4.79 Å². The number of ether oxygens (including phenoxy) is 1. The van der Waals surface area contributed by atoms with E-state index in [0.29, 0.717) is 6.04 Å². The Morgan fingerprint density at radius 2 is 2.12 bits per heavy atom. The summed E-state index contributed by atoms with van der Waals surface area (Å²) in [6.07, 6.45) is 7.73. The maximum Gasteiger partial charge on any atom is 0.210 e. The fraction of sp³-hybridized carbons (Fsp3) is 0.579. The molecule has 24 heavy (non-hydrogen) atoms. The lowest BCUT2D eigenvalue weighted by atomic mass is 10.1. The van der Waals surface area contributed by atoms with Gasteiger partial charge in [0.05, 0.1) is 6.04 Å². The summed E-state index contributed by atoms with van der Waals surface area (Å²) in [5, 5.41) is 1.14. The highest BCUT2D eigenvalue weighted by atomic mass is 16.5. The summed E-state index contributed by atoms with van der Waals surface area (Å²) in [6.45, 7) is 8.39. The molecule has 1 aliphatic heterocycles. The van der Waals surface area contributed by atoms with Crippen molar-refractivity contribution in [2.24, 2.45) is 0 Å². The van der Waals surface area contributed by atoms with Crippen LogP contribution in [0.4, 0.5) is 0 Å². The molecule has 0 bridgehead atoms. The van der Waals surface area contributed by atoms with Gasteiger partial charge in [-0.15, -0.1) is 0 Å². The van der Waals surface area contributed by atoms with Crippen LogP contribution < -0.4 is 0 Å². The Morgan fingerprint density at radius 3 is 2.79 bits per heavy atom. The Morgan fingerprint density at radius 1 is 1.38 bits per heavy atom. The van der Waals surface area contributed by atoms with E-state index >= 15 is 0 Å². The van der Waals surface area contributed by atoms with E-state index in [1.54, 1.807) is 0 Å². The lowest BCUT2D eigenvalue weighted by Gasteiger charge is -2.34. The highest BCUT2D eigenvalue weighted by Gasteiger charge is 2.23. The maximum atomic E-state index is 11.5. The molecule has 0 aliphatic carbocycles. The molecule has 0 N–H and O–H groups in total. The first-order chi connectivity index (χ1) is 11.8. The molecular weight excluding hydrogens is 302 g/mol. The zero-order valence-corrected chi connectivity index (χ0v) is 15.0. The normalized spacial score (nSPS) is 16.3. The summed E-state index contributed by atoms with van der Waals surface area (Å²) in [5.41, 5.74) is 0.993. The van der Waals surface area contributed by atoms with Crippen LogP contribution >= 0.6 is 0 Å². The molecule has 1 amide bonds. The lowest BCUT2D eigenvalue weighted by molar-refractivity contribution is -0.122. The van der Waals surface area contributed by atoms with E-state index in [-0.39, 0.29) is 6.04 Å². The van der Waals surface area contributed by atoms with Crippen molar-refractivity contribution in [2.45, 2.75) is 52.1 Å². The molecule has 1 fully saturated rings. The molecule has 0 spiro atoms. The number of nitrogens with zero attached hydrogens (tertiary/aromatic N) is 3. The SMILES string of the molecule is CC.CCC(CN(C=O)C1CCOCC1)n1ccc2cccnc21. The highest BCUT2D eigenvalue weighted by molar-refractivity contribution is 5.75. The number of hydrogen-bond acceptors (Lipinski definition) is 3. The van der Waals surface area contributed by atoms with Gasteiger partial charge in [0.2, 0.25) is 6.41 Å². The topological polar surface area (TPSA) is 47.4 Å². The van der Waals surface area contributed by atoms with Gasteiger partial charge < -0.3 is 14.2 Å². The van der Waals surface area contributed by atoms with Gasteiger partial charge in [-0.3, -0.25) is 4.79 Å². The smallest absolute Gasteiger partial charge is 0.210 e. The first kappa shape index (κ1) is 18.5. The van der Waals surface area contributed by atoms with E-state index in [1.807, 2.05) is 31.0 Å². The van der Waals surface area contributed by atoms with Crippen molar-refractivity contribution in [1.82, 2.24) is 14.5 Å². The van der Waals surface area contributed by atoms with Gasteiger partial charge in [-0.25, -0.2) is 4.98 Å². The van der Waals surface area contributed by atoms with Crippen molar-refractivity contribution < 1.29 is 9.53 Å². The van der Waals surface area contributed by atoms with Gasteiger partial charge in [-0.05, 0) is 37.5 Å². The minimum atomic E-state index is 0.250. The molecule has 1 aliphatic rings. The minimum absolute atomic E-state index is 0.250. The molecule has 1 atom stereocenters. The monoisotopic (exact) mass is 331 g/mol. The van der Waals surface area contributed by atoms with Crippen molar-refractivity contribution in [2.75, 3.05) is 19.8 Å². The fourth-order valence-electron chi connectivity index (χ4n) is 3.23. The maximum absolute atomic E-state index is 11.5. The largest absolute Gasteiger partial charge is 0.381 e. The first-order valence-corrected chi connectivity index (χ1v) is 9.03. The summed E-state index contributed by atoms with van der Waals surface area (Å²) in [5.74, 6) is 0. The Hall–Kier alpha value is -1.88. The molecular formula is C19H29N3O2. The Labute approximate surface area is 144 Å². The average Bonchev–Trinajstić information content (AvgIpc) is 3.09. The van der Waals surface area contributed by atoms with Gasteiger partial charge in [0, 0.05) is 43.6 Å². The van der Waals surface area contributed by atoms with E-state index in [0.717, 1.165) is 56.5 Å². The van der Waals surface area contributed by atoms with Gasteiger partial charge in [-0.2, -0.15) is 0 Å². The molecule has 1 unspecified atom stereocenters. The molecule has 0 saturated carbocycles. The third-order valence-corrected chi connectivity index (χ3v) is 4.56. The van der Waals surface area contributed by atoms with Gasteiger partial charge in [0.25, 0.3) is 0 Å². The van der Waals surface area contributed by atoms with Crippen LogP contribution in [0.15, 0.2) is 30.6 Å². The van der Waals surface area contributed by atoms with Crippen molar-refractivity contribution in [1.29, 1.82) is 0 Å². The van der Waals surface area contributed by atoms with Crippen molar-refractivity contribution in [3.05, 3.63) is 30.6 Å². The Kier molecular flexibility index (Phi) is 7.25. The molecule has 3 rings (SSSR count).